The summed E-state index contributed by atoms with van der Waals surface area (Å²) in [5.41, 5.74) is -0.628. The Labute approximate surface area is 149 Å². The lowest BCUT2D eigenvalue weighted by Gasteiger charge is -2.14. The van der Waals surface area contributed by atoms with Crippen LogP contribution in [-0.2, 0) is 20.0 Å². The van der Waals surface area contributed by atoms with Crippen LogP contribution in [-0.4, -0.2) is 45.3 Å². The number of non-ortho nitro benzene ring substituents is 1. The molecule has 0 saturated heterocycles. The number of phenols is 1. The average molecular weight is 401 g/mol. The molecule has 140 valence electrons. The van der Waals surface area contributed by atoms with Gasteiger partial charge in [-0.2, -0.15) is 0 Å². The molecule has 2 aromatic carbocycles. The van der Waals surface area contributed by atoms with Gasteiger partial charge in [0.2, 0.25) is 10.0 Å². The molecule has 0 saturated carbocycles. The van der Waals surface area contributed by atoms with E-state index in [0.29, 0.717) is 0 Å². The fourth-order valence-corrected chi connectivity index (χ4v) is 3.91. The normalized spacial score (nSPS) is 12.1. The number of phenolic OH excluding ortho intramolecular Hbond substituents is 1. The van der Waals surface area contributed by atoms with Crippen molar-refractivity contribution in [1.29, 1.82) is 0 Å². The van der Waals surface area contributed by atoms with E-state index in [2.05, 4.69) is 4.72 Å². The number of nitro benzene ring substituents is 1. The second-order valence-corrected chi connectivity index (χ2v) is 9.16. The van der Waals surface area contributed by atoms with Gasteiger partial charge in [0.15, 0.2) is 0 Å². The lowest BCUT2D eigenvalue weighted by molar-refractivity contribution is -0.384. The third-order valence-electron chi connectivity index (χ3n) is 3.35. The van der Waals surface area contributed by atoms with Gasteiger partial charge in [-0.25, -0.2) is 21.1 Å². The molecule has 0 aliphatic heterocycles. The molecular formula is C14H15N3O7S2. The van der Waals surface area contributed by atoms with E-state index in [1.165, 1.54) is 14.1 Å². The molecule has 10 nitrogen and oxygen atoms in total. The van der Waals surface area contributed by atoms with Gasteiger partial charge >= 0.3 is 0 Å². The third kappa shape index (κ3) is 3.92. The lowest BCUT2D eigenvalue weighted by Crippen LogP contribution is -2.22. The molecule has 0 heterocycles. The Kier molecular flexibility index (Phi) is 5.21. The fourth-order valence-electron chi connectivity index (χ4n) is 1.92. The highest BCUT2D eigenvalue weighted by Crippen LogP contribution is 2.29. The quantitative estimate of drug-likeness (QED) is 0.422. The van der Waals surface area contributed by atoms with Gasteiger partial charge in [-0.1, -0.05) is 0 Å². The molecule has 0 amide bonds. The summed E-state index contributed by atoms with van der Waals surface area (Å²) >= 11 is 0. The van der Waals surface area contributed by atoms with Crippen LogP contribution in [0.5, 0.6) is 5.75 Å². The number of nitrogens with zero attached hydrogens (tertiary/aromatic N) is 2. The van der Waals surface area contributed by atoms with E-state index in [1.807, 2.05) is 0 Å². The topological polar surface area (TPSA) is 147 Å². The number of hydrogen-bond acceptors (Lipinski definition) is 7. The van der Waals surface area contributed by atoms with Crippen LogP contribution in [0.4, 0.5) is 11.4 Å². The van der Waals surface area contributed by atoms with Gasteiger partial charge in [0.25, 0.3) is 15.7 Å². The van der Waals surface area contributed by atoms with E-state index in [0.717, 1.165) is 46.8 Å². The van der Waals surface area contributed by atoms with Crippen molar-refractivity contribution in [3.05, 3.63) is 52.6 Å². The van der Waals surface area contributed by atoms with Crippen molar-refractivity contribution < 1.29 is 26.9 Å². The summed E-state index contributed by atoms with van der Waals surface area (Å²) in [6, 6.07) is 7.24. The Morgan fingerprint density at radius 2 is 1.54 bits per heavy atom. The minimum Gasteiger partial charge on any atom is -0.506 e. The second-order valence-electron chi connectivity index (χ2n) is 5.32. The average Bonchev–Trinajstić information content (AvgIpc) is 2.56. The first-order valence-corrected chi connectivity index (χ1v) is 9.90. The van der Waals surface area contributed by atoms with Crippen molar-refractivity contribution in [3.63, 3.8) is 0 Å². The summed E-state index contributed by atoms with van der Waals surface area (Å²) in [6.45, 7) is 0. The Hall–Kier alpha value is -2.70. The molecule has 2 N–H and O–H groups in total. The third-order valence-corrected chi connectivity index (χ3v) is 6.54. The number of hydrogen-bond donors (Lipinski definition) is 2. The van der Waals surface area contributed by atoms with E-state index in [-0.39, 0.29) is 21.2 Å². The van der Waals surface area contributed by atoms with E-state index in [9.17, 15) is 32.1 Å². The number of anilines is 1. The maximum absolute atomic E-state index is 12.4. The van der Waals surface area contributed by atoms with Gasteiger partial charge in [0.05, 0.1) is 20.4 Å². The van der Waals surface area contributed by atoms with Crippen molar-refractivity contribution in [3.8, 4) is 5.75 Å². The monoisotopic (exact) mass is 401 g/mol. The molecule has 0 atom stereocenters. The molecule has 0 fully saturated rings. The molecule has 0 spiro atoms. The highest BCUT2D eigenvalue weighted by molar-refractivity contribution is 7.92. The van der Waals surface area contributed by atoms with Gasteiger partial charge in [0, 0.05) is 26.2 Å². The predicted molar refractivity (Wildman–Crippen MR) is 92.9 cm³/mol. The summed E-state index contributed by atoms with van der Waals surface area (Å²) in [4.78, 5) is 9.45. The van der Waals surface area contributed by atoms with E-state index < -0.39 is 30.7 Å². The molecule has 0 aliphatic rings. The zero-order chi connectivity index (χ0) is 19.7. The molecule has 26 heavy (non-hydrogen) atoms. The second kappa shape index (κ2) is 6.90. The Balaban J connectivity index is 2.42. The standard InChI is InChI=1S/C14H15N3O7S2/c1-16(2)26(23,24)12-7-8-14(18)13(9-12)15-25(21,22)11-5-3-10(4-6-11)17(19)20/h3-9,15,18H,1-2H3. The summed E-state index contributed by atoms with van der Waals surface area (Å²) in [7, 11) is -5.42. The number of benzene rings is 2. The van der Waals surface area contributed by atoms with Crippen LogP contribution < -0.4 is 4.72 Å². The molecule has 2 aromatic rings. The molecule has 0 unspecified atom stereocenters. The highest BCUT2D eigenvalue weighted by Gasteiger charge is 2.22. The molecule has 12 heteroatoms. The molecule has 2 rings (SSSR count). The van der Waals surface area contributed by atoms with Crippen LogP contribution in [0.25, 0.3) is 0 Å². The SMILES string of the molecule is CN(C)S(=O)(=O)c1ccc(O)c(NS(=O)(=O)c2ccc([N+](=O)[O-])cc2)c1. The van der Waals surface area contributed by atoms with Gasteiger partial charge < -0.3 is 5.11 Å². The number of nitro groups is 1. The molecular weight excluding hydrogens is 386 g/mol. The first-order valence-electron chi connectivity index (χ1n) is 6.98. The predicted octanol–water partition coefficient (Wildman–Crippen LogP) is 1.35. The zero-order valence-electron chi connectivity index (χ0n) is 13.6. The van der Waals surface area contributed by atoms with Crippen molar-refractivity contribution in [1.82, 2.24) is 4.31 Å². The first-order chi connectivity index (χ1) is 11.9. The van der Waals surface area contributed by atoms with Gasteiger partial charge in [0.1, 0.15) is 5.75 Å². The molecule has 0 bridgehead atoms. The van der Waals surface area contributed by atoms with Gasteiger partial charge in [-0.05, 0) is 30.3 Å². The fraction of sp³-hybridized carbons (Fsp3) is 0.143. The Morgan fingerprint density at radius 1 is 1.00 bits per heavy atom. The summed E-state index contributed by atoms with van der Waals surface area (Å²) in [5, 5.41) is 20.5. The van der Waals surface area contributed by atoms with Crippen LogP contribution >= 0.6 is 0 Å². The van der Waals surface area contributed by atoms with Crippen LogP contribution in [0, 0.1) is 10.1 Å². The zero-order valence-corrected chi connectivity index (χ0v) is 15.3. The number of rotatable bonds is 6. The first kappa shape index (κ1) is 19.6. The Bertz CT molecular complexity index is 1050. The number of sulfonamides is 2. The van der Waals surface area contributed by atoms with Crippen LogP contribution in [0.2, 0.25) is 0 Å². The van der Waals surface area contributed by atoms with Crippen molar-refractivity contribution in [2.24, 2.45) is 0 Å². The van der Waals surface area contributed by atoms with Crippen molar-refractivity contribution in [2.45, 2.75) is 9.79 Å². The van der Waals surface area contributed by atoms with Crippen LogP contribution in [0.3, 0.4) is 0 Å². The molecule has 0 aromatic heterocycles. The highest BCUT2D eigenvalue weighted by atomic mass is 32.2. The van der Waals surface area contributed by atoms with Crippen LogP contribution in [0.1, 0.15) is 0 Å². The number of nitrogens with one attached hydrogen (secondary N) is 1. The van der Waals surface area contributed by atoms with Gasteiger partial charge in [-0.15, -0.1) is 0 Å². The summed E-state index contributed by atoms with van der Waals surface area (Å²) in [5.74, 6) is -0.479. The largest absolute Gasteiger partial charge is 0.506 e. The number of aromatic hydroxyl groups is 1. The maximum atomic E-state index is 12.4. The minimum atomic E-state index is -4.20. The van der Waals surface area contributed by atoms with E-state index in [4.69, 9.17) is 0 Å². The summed E-state index contributed by atoms with van der Waals surface area (Å²) in [6.07, 6.45) is 0. The van der Waals surface area contributed by atoms with Gasteiger partial charge in [-0.3, -0.25) is 14.8 Å². The Morgan fingerprint density at radius 3 is 2.04 bits per heavy atom. The van der Waals surface area contributed by atoms with E-state index >= 15 is 0 Å². The van der Waals surface area contributed by atoms with Crippen LogP contribution in [0.15, 0.2) is 52.3 Å². The van der Waals surface area contributed by atoms with Crippen molar-refractivity contribution in [2.75, 3.05) is 18.8 Å². The molecule has 0 radical (unpaired) electrons. The van der Waals surface area contributed by atoms with E-state index in [1.54, 1.807) is 0 Å². The maximum Gasteiger partial charge on any atom is 0.269 e. The molecule has 0 aliphatic carbocycles. The minimum absolute atomic E-state index is 0.221. The van der Waals surface area contributed by atoms with Crippen molar-refractivity contribution >= 4 is 31.4 Å². The lowest BCUT2D eigenvalue weighted by atomic mass is 10.3. The summed E-state index contributed by atoms with van der Waals surface area (Å²) < 4.78 is 52.0. The smallest absolute Gasteiger partial charge is 0.269 e.